The van der Waals surface area contributed by atoms with Crippen LogP contribution in [0.1, 0.15) is 51.4 Å². The largest absolute Gasteiger partial charge is 0.464 e. The normalized spacial score (nSPS) is 16.1. The van der Waals surface area contributed by atoms with Gasteiger partial charge in [-0.1, -0.05) is 0 Å². The summed E-state index contributed by atoms with van der Waals surface area (Å²) in [6.45, 7) is 2.53. The standard InChI is InChI=1S/C34H35F3N10O6/c1-33(2,3)53-32(51)47(31(49)50)28-26-27(39-18-40-28)45(19-41-26)16-21-14-23(20-6-8-22(35)9-7-20)38-15-24(21)44-12-5-11-34(17-44,42-30(48)52-4)25-10-13-46(43-25)29(36)37/h6-10,13-15,18-19,29H,5,11-12,16-17H2,1-4H3,(H,42,48)(H,49,50). The fourth-order valence-electron chi connectivity index (χ4n) is 6.16. The lowest BCUT2D eigenvalue weighted by Gasteiger charge is -2.43. The summed E-state index contributed by atoms with van der Waals surface area (Å²) in [5.41, 5.74) is 0.525. The lowest BCUT2D eigenvalue weighted by Crippen LogP contribution is -2.57. The van der Waals surface area contributed by atoms with Gasteiger partial charge in [0.15, 0.2) is 17.0 Å². The highest BCUT2D eigenvalue weighted by atomic mass is 19.3. The van der Waals surface area contributed by atoms with Crippen LogP contribution in [-0.4, -0.2) is 83.5 Å². The fourth-order valence-corrected chi connectivity index (χ4v) is 6.16. The van der Waals surface area contributed by atoms with Gasteiger partial charge in [-0.3, -0.25) is 4.98 Å². The molecule has 3 amide bonds. The quantitative estimate of drug-likeness (QED) is 0.192. The van der Waals surface area contributed by atoms with Crippen LogP contribution in [0.3, 0.4) is 0 Å². The van der Waals surface area contributed by atoms with Gasteiger partial charge in [0.2, 0.25) is 0 Å². The number of halogens is 3. The third-order valence-corrected chi connectivity index (χ3v) is 8.47. The molecule has 278 valence electrons. The number of imide groups is 1. The number of methoxy groups -OCH3 is 1. The first-order chi connectivity index (χ1) is 25.2. The van der Waals surface area contributed by atoms with Crippen LogP contribution in [0.15, 0.2) is 61.4 Å². The number of rotatable bonds is 8. The van der Waals surface area contributed by atoms with Crippen molar-refractivity contribution in [1.29, 1.82) is 0 Å². The molecule has 6 rings (SSSR count). The summed E-state index contributed by atoms with van der Waals surface area (Å²) in [7, 11) is 1.20. The van der Waals surface area contributed by atoms with Crippen molar-refractivity contribution in [2.24, 2.45) is 0 Å². The van der Waals surface area contributed by atoms with Crippen LogP contribution in [0.25, 0.3) is 22.4 Å². The Labute approximate surface area is 300 Å². The molecule has 16 nitrogen and oxygen atoms in total. The number of pyridine rings is 1. The van der Waals surface area contributed by atoms with Gasteiger partial charge in [0, 0.05) is 24.8 Å². The number of amides is 3. The molecule has 1 unspecified atom stereocenters. The second-order valence-electron chi connectivity index (χ2n) is 13.2. The van der Waals surface area contributed by atoms with Crippen LogP contribution in [0.2, 0.25) is 0 Å². The van der Waals surface area contributed by atoms with Crippen molar-refractivity contribution in [3.05, 3.63) is 78.5 Å². The van der Waals surface area contributed by atoms with E-state index in [1.54, 1.807) is 49.7 Å². The number of hydrogen-bond acceptors (Lipinski definition) is 11. The number of imidazole rings is 1. The average Bonchev–Trinajstić information content (AvgIpc) is 3.77. The van der Waals surface area contributed by atoms with E-state index in [9.17, 15) is 32.7 Å². The molecule has 0 radical (unpaired) electrons. The minimum Gasteiger partial charge on any atom is -0.464 e. The maximum absolute atomic E-state index is 13.8. The Morgan fingerprint density at radius 1 is 1.09 bits per heavy atom. The molecular formula is C34H35F3N10O6. The van der Waals surface area contributed by atoms with E-state index in [1.165, 1.54) is 31.6 Å². The topological polar surface area (TPSA) is 183 Å². The predicted octanol–water partition coefficient (Wildman–Crippen LogP) is 5.94. The van der Waals surface area contributed by atoms with Crippen LogP contribution < -0.4 is 15.1 Å². The number of hydrogen-bond donors (Lipinski definition) is 2. The van der Waals surface area contributed by atoms with E-state index in [0.29, 0.717) is 51.5 Å². The van der Waals surface area contributed by atoms with Crippen molar-refractivity contribution in [2.75, 3.05) is 30.0 Å². The highest BCUT2D eigenvalue weighted by Gasteiger charge is 2.42. The molecular weight excluding hydrogens is 701 g/mol. The number of carboxylic acid groups (broad SMARTS) is 1. The van der Waals surface area contributed by atoms with Gasteiger partial charge in [0.05, 0.1) is 43.3 Å². The number of alkyl halides is 2. The minimum absolute atomic E-state index is 0.00371. The lowest BCUT2D eigenvalue weighted by molar-refractivity contribution is 0.0549. The fraction of sp³-hybridized carbons (Fsp3) is 0.353. The molecule has 0 spiro atoms. The molecule has 1 aliphatic rings. The lowest BCUT2D eigenvalue weighted by atomic mass is 9.85. The molecule has 1 aliphatic heterocycles. The second-order valence-corrected chi connectivity index (χ2v) is 13.2. The Balaban J connectivity index is 1.43. The van der Waals surface area contributed by atoms with Gasteiger partial charge in [-0.2, -0.15) is 18.8 Å². The molecule has 0 aliphatic carbocycles. The third kappa shape index (κ3) is 7.68. The van der Waals surface area contributed by atoms with Gasteiger partial charge in [-0.05, 0) is 75.6 Å². The van der Waals surface area contributed by atoms with Gasteiger partial charge in [0.1, 0.15) is 23.3 Å². The van der Waals surface area contributed by atoms with Crippen LogP contribution in [-0.2, 0) is 21.6 Å². The van der Waals surface area contributed by atoms with Crippen LogP contribution in [0, 0.1) is 5.82 Å². The van der Waals surface area contributed by atoms with E-state index in [-0.39, 0.29) is 35.8 Å². The molecule has 0 bridgehead atoms. The number of benzene rings is 1. The number of carbonyl (C=O) groups is 3. The highest BCUT2D eigenvalue weighted by Crippen LogP contribution is 2.37. The van der Waals surface area contributed by atoms with Gasteiger partial charge in [-0.15, -0.1) is 0 Å². The number of carbonyl (C=O) groups excluding carboxylic acids is 2. The summed E-state index contributed by atoms with van der Waals surface area (Å²) in [5.74, 6) is -0.736. The Kier molecular flexibility index (Phi) is 9.92. The summed E-state index contributed by atoms with van der Waals surface area (Å²) in [6.07, 6.45) is 2.55. The van der Waals surface area contributed by atoms with Crippen molar-refractivity contribution in [2.45, 2.75) is 57.8 Å². The van der Waals surface area contributed by atoms with Crippen molar-refractivity contribution in [3.8, 4) is 11.3 Å². The van der Waals surface area contributed by atoms with E-state index in [4.69, 9.17) is 9.47 Å². The molecule has 53 heavy (non-hydrogen) atoms. The summed E-state index contributed by atoms with van der Waals surface area (Å²) in [6, 6.07) is 8.99. The summed E-state index contributed by atoms with van der Waals surface area (Å²) in [5, 5.41) is 16.9. The monoisotopic (exact) mass is 736 g/mol. The molecule has 1 aromatic carbocycles. The zero-order chi connectivity index (χ0) is 38.1. The van der Waals surface area contributed by atoms with Crippen molar-refractivity contribution < 1.29 is 42.1 Å². The van der Waals surface area contributed by atoms with Crippen LogP contribution in [0.4, 0.5) is 39.1 Å². The molecule has 1 saturated heterocycles. The van der Waals surface area contributed by atoms with Gasteiger partial charge >= 0.3 is 24.8 Å². The van der Waals surface area contributed by atoms with Crippen molar-refractivity contribution >= 4 is 40.9 Å². The first-order valence-corrected chi connectivity index (χ1v) is 16.3. The number of piperidine rings is 1. The Hall–Kier alpha value is -6.27. The van der Waals surface area contributed by atoms with Crippen LogP contribution >= 0.6 is 0 Å². The second kappa shape index (κ2) is 14.4. The number of anilines is 2. The molecule has 19 heteroatoms. The summed E-state index contributed by atoms with van der Waals surface area (Å²) < 4.78 is 53.3. The van der Waals surface area contributed by atoms with E-state index < -0.39 is 41.8 Å². The zero-order valence-electron chi connectivity index (χ0n) is 29.0. The number of aromatic nitrogens is 7. The third-order valence-electron chi connectivity index (χ3n) is 8.47. The van der Waals surface area contributed by atoms with Crippen molar-refractivity contribution in [1.82, 2.24) is 39.6 Å². The summed E-state index contributed by atoms with van der Waals surface area (Å²) in [4.78, 5) is 57.6. The number of nitrogens with zero attached hydrogens (tertiary/aromatic N) is 9. The maximum atomic E-state index is 13.8. The molecule has 1 atom stereocenters. The summed E-state index contributed by atoms with van der Waals surface area (Å²) >= 11 is 0. The molecule has 0 saturated carbocycles. The Bertz CT molecular complexity index is 2150. The predicted molar refractivity (Wildman–Crippen MR) is 183 cm³/mol. The first-order valence-electron chi connectivity index (χ1n) is 16.3. The molecule has 2 N–H and O–H groups in total. The van der Waals surface area contributed by atoms with Gasteiger partial charge < -0.3 is 29.4 Å². The number of alkyl carbamates (subject to hydrolysis) is 1. The smallest absolute Gasteiger partial charge is 0.425 e. The Morgan fingerprint density at radius 3 is 2.51 bits per heavy atom. The SMILES string of the molecule is COC(=O)NC1(c2ccn(C(F)F)n2)CCCN(c2cnc(-c3ccc(F)cc3)cc2Cn2cnc3c(N(C(=O)O)C(=O)OC(C)(C)C)ncnc32)C1. The number of ether oxygens (including phenoxy) is 2. The molecule has 5 aromatic rings. The minimum atomic E-state index is -2.89. The molecule has 1 fully saturated rings. The van der Waals surface area contributed by atoms with E-state index in [0.717, 1.165) is 12.5 Å². The average molecular weight is 737 g/mol. The molecule has 5 heterocycles. The van der Waals surface area contributed by atoms with Crippen molar-refractivity contribution in [3.63, 3.8) is 0 Å². The molecule has 4 aromatic heterocycles. The Morgan fingerprint density at radius 2 is 1.85 bits per heavy atom. The number of nitrogens with one attached hydrogen (secondary N) is 1. The van der Waals surface area contributed by atoms with Gasteiger partial charge in [0.25, 0.3) is 0 Å². The van der Waals surface area contributed by atoms with E-state index >= 15 is 0 Å². The zero-order valence-corrected chi connectivity index (χ0v) is 29.0. The maximum Gasteiger partial charge on any atom is 0.425 e. The number of fused-ring (bicyclic) bond motifs is 1. The van der Waals surface area contributed by atoms with Crippen LogP contribution in [0.5, 0.6) is 0 Å². The van der Waals surface area contributed by atoms with Gasteiger partial charge in [-0.25, -0.2) is 38.4 Å². The first kappa shape index (κ1) is 36.5. The van der Waals surface area contributed by atoms with E-state index in [2.05, 4.69) is 30.4 Å². The highest BCUT2D eigenvalue weighted by molar-refractivity contribution is 6.11. The van der Waals surface area contributed by atoms with E-state index in [1.807, 2.05) is 4.90 Å².